The van der Waals surface area contributed by atoms with E-state index in [1.807, 2.05) is 19.9 Å². The first-order valence-corrected chi connectivity index (χ1v) is 10.3. The Labute approximate surface area is 183 Å². The Balaban J connectivity index is 1.94. The highest BCUT2D eigenvalue weighted by Gasteiger charge is 2.42. The van der Waals surface area contributed by atoms with Crippen LogP contribution >= 0.6 is 34.8 Å². The van der Waals surface area contributed by atoms with Crippen LogP contribution in [0.15, 0.2) is 30.3 Å². The van der Waals surface area contributed by atoms with Crippen molar-refractivity contribution in [3.63, 3.8) is 0 Å². The monoisotopic (exact) mass is 449 g/mol. The molecule has 0 radical (unpaired) electrons. The highest BCUT2D eigenvalue weighted by molar-refractivity contribution is 6.42. The molecule has 1 aromatic heterocycles. The van der Waals surface area contributed by atoms with E-state index in [0.717, 1.165) is 17.5 Å². The SMILES string of the molecule is CCCN1C(=O)c2[nH]nc(-c3cc(Cl)c(C)cc3O)c2C1c1ccc(Cl)c(Cl)c1. The summed E-state index contributed by atoms with van der Waals surface area (Å²) >= 11 is 18.6. The number of halogens is 3. The Bertz CT molecular complexity index is 1130. The lowest BCUT2D eigenvalue weighted by atomic mass is 9.95. The second kappa shape index (κ2) is 7.56. The minimum absolute atomic E-state index is 0.0514. The smallest absolute Gasteiger partial charge is 0.273 e. The van der Waals surface area contributed by atoms with Crippen molar-refractivity contribution in [1.82, 2.24) is 15.1 Å². The lowest BCUT2D eigenvalue weighted by Gasteiger charge is -2.26. The van der Waals surface area contributed by atoms with Gasteiger partial charge in [-0.2, -0.15) is 5.10 Å². The van der Waals surface area contributed by atoms with Crippen LogP contribution in [-0.4, -0.2) is 32.7 Å². The van der Waals surface area contributed by atoms with Gasteiger partial charge in [0.2, 0.25) is 0 Å². The molecule has 1 aliphatic heterocycles. The molecular weight excluding hydrogens is 433 g/mol. The number of rotatable bonds is 4. The minimum Gasteiger partial charge on any atom is -0.507 e. The summed E-state index contributed by atoms with van der Waals surface area (Å²) in [7, 11) is 0. The maximum atomic E-state index is 13.1. The van der Waals surface area contributed by atoms with Crippen molar-refractivity contribution in [1.29, 1.82) is 0 Å². The fourth-order valence-corrected chi connectivity index (χ4v) is 4.23. The third kappa shape index (κ3) is 3.27. The zero-order chi connectivity index (χ0) is 20.9. The van der Waals surface area contributed by atoms with Crippen LogP contribution in [0.4, 0.5) is 0 Å². The molecule has 29 heavy (non-hydrogen) atoms. The molecule has 150 valence electrons. The number of aromatic amines is 1. The summed E-state index contributed by atoms with van der Waals surface area (Å²) in [4.78, 5) is 14.9. The lowest BCUT2D eigenvalue weighted by molar-refractivity contribution is 0.0744. The van der Waals surface area contributed by atoms with Crippen LogP contribution in [0.5, 0.6) is 5.75 Å². The van der Waals surface area contributed by atoms with E-state index < -0.39 is 6.04 Å². The summed E-state index contributed by atoms with van der Waals surface area (Å²) in [5.74, 6) is -0.0927. The van der Waals surface area contributed by atoms with Gasteiger partial charge in [-0.1, -0.05) is 47.8 Å². The van der Waals surface area contributed by atoms with Crippen LogP contribution in [0.25, 0.3) is 11.3 Å². The Kier molecular flexibility index (Phi) is 5.23. The molecule has 0 aliphatic carbocycles. The summed E-state index contributed by atoms with van der Waals surface area (Å²) in [6.07, 6.45) is 0.790. The summed E-state index contributed by atoms with van der Waals surface area (Å²) in [6.45, 7) is 4.38. The van der Waals surface area contributed by atoms with Gasteiger partial charge in [-0.25, -0.2) is 0 Å². The van der Waals surface area contributed by atoms with Crippen molar-refractivity contribution in [2.24, 2.45) is 0 Å². The van der Waals surface area contributed by atoms with Crippen LogP contribution in [0.1, 0.15) is 46.6 Å². The molecule has 1 amide bonds. The van der Waals surface area contributed by atoms with Crippen molar-refractivity contribution < 1.29 is 9.90 Å². The summed E-state index contributed by atoms with van der Waals surface area (Å²) < 4.78 is 0. The number of hydrogen-bond donors (Lipinski definition) is 2. The normalized spacial score (nSPS) is 15.8. The van der Waals surface area contributed by atoms with Crippen molar-refractivity contribution in [2.45, 2.75) is 26.3 Å². The van der Waals surface area contributed by atoms with E-state index in [-0.39, 0.29) is 11.7 Å². The van der Waals surface area contributed by atoms with Gasteiger partial charge in [-0.05, 0) is 48.7 Å². The summed E-state index contributed by atoms with van der Waals surface area (Å²) in [5, 5.41) is 19.1. The molecule has 0 spiro atoms. The van der Waals surface area contributed by atoms with Gasteiger partial charge < -0.3 is 10.0 Å². The Morgan fingerprint density at radius 3 is 2.59 bits per heavy atom. The van der Waals surface area contributed by atoms with Gasteiger partial charge in [0.05, 0.1) is 16.1 Å². The van der Waals surface area contributed by atoms with Crippen molar-refractivity contribution in [3.05, 3.63) is 67.8 Å². The highest BCUT2D eigenvalue weighted by atomic mass is 35.5. The van der Waals surface area contributed by atoms with Crippen LogP contribution in [0.3, 0.4) is 0 Å². The fourth-order valence-electron chi connectivity index (χ4n) is 3.76. The number of nitrogens with one attached hydrogen (secondary N) is 1. The molecule has 1 aliphatic rings. The van der Waals surface area contributed by atoms with Crippen molar-refractivity contribution in [3.8, 4) is 17.0 Å². The van der Waals surface area contributed by atoms with Crippen LogP contribution in [0, 0.1) is 6.92 Å². The van der Waals surface area contributed by atoms with Crippen LogP contribution in [-0.2, 0) is 0 Å². The van der Waals surface area contributed by atoms with Crippen molar-refractivity contribution in [2.75, 3.05) is 6.54 Å². The molecule has 1 atom stereocenters. The zero-order valence-electron chi connectivity index (χ0n) is 15.8. The third-order valence-electron chi connectivity index (χ3n) is 5.12. The van der Waals surface area contributed by atoms with E-state index in [4.69, 9.17) is 34.8 Å². The molecule has 8 heteroatoms. The number of phenols is 1. The second-order valence-electron chi connectivity index (χ2n) is 7.05. The van der Waals surface area contributed by atoms with Crippen LogP contribution < -0.4 is 0 Å². The van der Waals surface area contributed by atoms with E-state index in [1.165, 1.54) is 0 Å². The van der Waals surface area contributed by atoms with E-state index in [1.54, 1.807) is 29.2 Å². The maximum absolute atomic E-state index is 13.1. The largest absolute Gasteiger partial charge is 0.507 e. The van der Waals surface area contributed by atoms with Gasteiger partial charge in [0.25, 0.3) is 5.91 Å². The first-order valence-electron chi connectivity index (χ1n) is 9.17. The fraction of sp³-hybridized carbons (Fsp3) is 0.238. The predicted octanol–water partition coefficient (Wildman–Crippen LogP) is 6.01. The average Bonchev–Trinajstić information content (AvgIpc) is 3.21. The highest BCUT2D eigenvalue weighted by Crippen LogP contribution is 2.46. The Morgan fingerprint density at radius 1 is 1.14 bits per heavy atom. The number of fused-ring (bicyclic) bond motifs is 1. The Morgan fingerprint density at radius 2 is 1.90 bits per heavy atom. The quantitative estimate of drug-likeness (QED) is 0.512. The third-order valence-corrected chi connectivity index (χ3v) is 6.27. The van der Waals surface area contributed by atoms with Gasteiger partial charge in [0.1, 0.15) is 17.1 Å². The molecule has 5 nitrogen and oxygen atoms in total. The number of hydrogen-bond acceptors (Lipinski definition) is 3. The van der Waals surface area contributed by atoms with E-state index >= 15 is 0 Å². The summed E-state index contributed by atoms with van der Waals surface area (Å²) in [5.41, 5.74) is 3.62. The lowest BCUT2D eigenvalue weighted by Crippen LogP contribution is -2.30. The predicted molar refractivity (Wildman–Crippen MR) is 115 cm³/mol. The van der Waals surface area contributed by atoms with Gasteiger partial charge in [-0.15, -0.1) is 0 Å². The number of carbonyl (C=O) groups is 1. The number of carbonyl (C=O) groups excluding carboxylic acids is 1. The number of nitrogens with zero attached hydrogens (tertiary/aromatic N) is 2. The topological polar surface area (TPSA) is 69.2 Å². The molecule has 3 aromatic rings. The van der Waals surface area contributed by atoms with E-state index in [0.29, 0.717) is 44.1 Å². The van der Waals surface area contributed by atoms with Crippen LogP contribution in [0.2, 0.25) is 15.1 Å². The van der Waals surface area contributed by atoms with Gasteiger partial charge in [0.15, 0.2) is 0 Å². The van der Waals surface area contributed by atoms with E-state index in [9.17, 15) is 9.90 Å². The second-order valence-corrected chi connectivity index (χ2v) is 8.28. The molecule has 0 saturated heterocycles. The molecule has 4 rings (SSSR count). The first kappa shape index (κ1) is 20.1. The molecular formula is C21H18Cl3N3O2. The Hall–Kier alpha value is -2.21. The summed E-state index contributed by atoms with van der Waals surface area (Å²) in [6, 6.07) is 8.18. The molecule has 2 N–H and O–H groups in total. The number of H-pyrrole nitrogens is 1. The number of benzene rings is 2. The number of phenolic OH excluding ortho intramolecular Hbond substituents is 1. The molecule has 0 saturated carbocycles. The first-order chi connectivity index (χ1) is 13.8. The van der Waals surface area contributed by atoms with Gasteiger partial charge in [-0.3, -0.25) is 9.89 Å². The van der Waals surface area contributed by atoms with Crippen molar-refractivity contribution >= 4 is 40.7 Å². The molecule has 2 heterocycles. The van der Waals surface area contributed by atoms with Gasteiger partial charge >= 0.3 is 0 Å². The average molecular weight is 451 g/mol. The zero-order valence-corrected chi connectivity index (χ0v) is 18.0. The number of aryl methyl sites for hydroxylation is 1. The number of aromatic hydroxyl groups is 1. The number of aromatic nitrogens is 2. The molecule has 0 fully saturated rings. The number of amides is 1. The minimum atomic E-state index is -0.402. The van der Waals surface area contributed by atoms with Gasteiger partial charge in [0, 0.05) is 22.7 Å². The standard InChI is InChI=1S/C21H18Cl3N3O2/c1-3-6-27-20(11-4-5-13(22)15(24)8-11)17-18(25-26-19(17)21(27)29)12-9-14(23)10(2)7-16(12)28/h4-5,7-9,20,28H,3,6H2,1-2H3,(H,25,26). The molecule has 0 bridgehead atoms. The molecule has 2 aromatic carbocycles. The maximum Gasteiger partial charge on any atom is 0.273 e. The van der Waals surface area contributed by atoms with E-state index in [2.05, 4.69) is 10.2 Å². The molecule has 1 unspecified atom stereocenters.